The maximum atomic E-state index is 13.2. The Balaban J connectivity index is 1.69. The Labute approximate surface area is 179 Å². The van der Waals surface area contributed by atoms with E-state index >= 15 is 0 Å². The molecule has 1 aromatic heterocycles. The number of sulfone groups is 1. The molecule has 1 heterocycles. The lowest BCUT2D eigenvalue weighted by molar-refractivity contribution is -0.139. The van der Waals surface area contributed by atoms with Gasteiger partial charge in [0, 0.05) is 17.5 Å². The molecule has 2 amide bonds. The fourth-order valence-corrected chi connectivity index (χ4v) is 6.35. The number of hydrogen-bond acceptors (Lipinski definition) is 5. The predicted octanol–water partition coefficient (Wildman–Crippen LogP) is 3.36. The van der Waals surface area contributed by atoms with E-state index in [0.717, 1.165) is 50.7 Å². The first-order chi connectivity index (χ1) is 14.4. The van der Waals surface area contributed by atoms with Gasteiger partial charge in [0.05, 0.1) is 4.90 Å². The summed E-state index contributed by atoms with van der Waals surface area (Å²) >= 11 is 1.24. The lowest BCUT2D eigenvalue weighted by atomic mass is 10.1. The highest BCUT2D eigenvalue weighted by Gasteiger charge is 2.31. The highest BCUT2D eigenvalue weighted by molar-refractivity contribution is 7.91. The van der Waals surface area contributed by atoms with Gasteiger partial charge in [0.2, 0.25) is 0 Å². The molecule has 162 valence electrons. The number of thiophene rings is 1. The molecule has 2 N–H and O–H groups in total. The van der Waals surface area contributed by atoms with Crippen LogP contribution in [-0.2, 0) is 19.4 Å². The Hall–Kier alpha value is -2.26. The van der Waals surface area contributed by atoms with Crippen molar-refractivity contribution in [3.63, 3.8) is 0 Å². The number of benzene rings is 1. The first-order valence-electron chi connectivity index (χ1n) is 9.99. The van der Waals surface area contributed by atoms with Gasteiger partial charge in [-0.3, -0.25) is 9.59 Å². The number of hydrogen-bond donors (Lipinski definition) is 2. The van der Waals surface area contributed by atoms with E-state index in [4.69, 9.17) is 0 Å². The van der Waals surface area contributed by atoms with E-state index in [2.05, 4.69) is 10.6 Å². The van der Waals surface area contributed by atoms with Crippen LogP contribution >= 0.6 is 11.3 Å². The van der Waals surface area contributed by atoms with Crippen molar-refractivity contribution in [1.29, 1.82) is 0 Å². The van der Waals surface area contributed by atoms with E-state index in [1.807, 2.05) is 0 Å². The summed E-state index contributed by atoms with van der Waals surface area (Å²) in [5.74, 6) is -2.13. The molecule has 0 unspecified atom stereocenters. The summed E-state index contributed by atoms with van der Waals surface area (Å²) in [6.07, 6.45) is 5.97. The standard InChI is InChI=1S/C21H25FN2O4S2/c22-15-9-11-17(12-10-15)30(27,28)19(18-8-5-13-29-18)14-23-20(25)21(26)24-16-6-3-1-2-4-7-16/h5,8-13,16,19H,1-4,6-7,14H2,(H,23,25)(H,24,26)/t19-/m0/s1. The minimum Gasteiger partial charge on any atom is -0.346 e. The molecular weight excluding hydrogens is 427 g/mol. The van der Waals surface area contributed by atoms with Crippen LogP contribution in [0.25, 0.3) is 0 Å². The molecule has 6 nitrogen and oxygen atoms in total. The largest absolute Gasteiger partial charge is 0.346 e. The van der Waals surface area contributed by atoms with E-state index in [1.165, 1.54) is 23.5 Å². The molecule has 0 bridgehead atoms. The predicted molar refractivity (Wildman–Crippen MR) is 113 cm³/mol. The van der Waals surface area contributed by atoms with Crippen molar-refractivity contribution in [2.45, 2.75) is 54.7 Å². The van der Waals surface area contributed by atoms with Crippen molar-refractivity contribution in [2.24, 2.45) is 0 Å². The van der Waals surface area contributed by atoms with Gasteiger partial charge >= 0.3 is 11.8 Å². The highest BCUT2D eigenvalue weighted by atomic mass is 32.2. The number of rotatable bonds is 6. The summed E-state index contributed by atoms with van der Waals surface area (Å²) in [5.41, 5.74) is 0. The third-order valence-electron chi connectivity index (χ3n) is 5.22. The fraction of sp³-hybridized carbons (Fsp3) is 0.429. The Bertz CT molecular complexity index is 951. The molecule has 9 heteroatoms. The van der Waals surface area contributed by atoms with Gasteiger partial charge in [0.15, 0.2) is 9.84 Å². The number of amides is 2. The molecular formula is C21H25FN2O4S2. The van der Waals surface area contributed by atoms with E-state index < -0.39 is 32.7 Å². The van der Waals surface area contributed by atoms with Crippen LogP contribution in [-0.4, -0.2) is 32.8 Å². The van der Waals surface area contributed by atoms with Gasteiger partial charge in [0.25, 0.3) is 0 Å². The smallest absolute Gasteiger partial charge is 0.309 e. The molecule has 1 fully saturated rings. The van der Waals surface area contributed by atoms with Crippen LogP contribution in [0, 0.1) is 5.82 Å². The summed E-state index contributed by atoms with van der Waals surface area (Å²) in [6, 6.07) is 7.91. The van der Waals surface area contributed by atoms with Crippen molar-refractivity contribution in [3.05, 3.63) is 52.5 Å². The molecule has 1 saturated carbocycles. The zero-order valence-electron chi connectivity index (χ0n) is 16.5. The topological polar surface area (TPSA) is 92.3 Å². The third-order valence-corrected chi connectivity index (χ3v) is 8.46. The molecule has 0 aliphatic heterocycles. The third kappa shape index (κ3) is 5.66. The van der Waals surface area contributed by atoms with Crippen molar-refractivity contribution < 1.29 is 22.4 Å². The van der Waals surface area contributed by atoms with Crippen molar-refractivity contribution in [2.75, 3.05) is 6.54 Å². The lowest BCUT2D eigenvalue weighted by Gasteiger charge is -2.19. The number of nitrogens with one attached hydrogen (secondary N) is 2. The number of carbonyl (C=O) groups excluding carboxylic acids is 2. The van der Waals surface area contributed by atoms with Gasteiger partial charge in [-0.05, 0) is 48.6 Å². The minimum atomic E-state index is -3.90. The zero-order valence-corrected chi connectivity index (χ0v) is 18.1. The van der Waals surface area contributed by atoms with Crippen LogP contribution in [0.3, 0.4) is 0 Å². The van der Waals surface area contributed by atoms with Gasteiger partial charge in [-0.15, -0.1) is 11.3 Å². The van der Waals surface area contributed by atoms with E-state index in [1.54, 1.807) is 17.5 Å². The zero-order chi connectivity index (χ0) is 21.6. The second-order valence-corrected chi connectivity index (χ2v) is 10.5. The normalized spacial score (nSPS) is 16.4. The molecule has 0 spiro atoms. The van der Waals surface area contributed by atoms with Crippen LogP contribution < -0.4 is 10.6 Å². The van der Waals surface area contributed by atoms with Crippen LogP contribution in [0.1, 0.15) is 48.7 Å². The van der Waals surface area contributed by atoms with Crippen LogP contribution in [0.4, 0.5) is 4.39 Å². The molecule has 30 heavy (non-hydrogen) atoms. The average Bonchev–Trinajstić information content (AvgIpc) is 3.12. The van der Waals surface area contributed by atoms with E-state index in [-0.39, 0.29) is 17.5 Å². The summed E-state index contributed by atoms with van der Waals surface area (Å²) < 4.78 is 39.4. The van der Waals surface area contributed by atoms with Gasteiger partial charge < -0.3 is 10.6 Å². The Morgan fingerprint density at radius 3 is 2.30 bits per heavy atom. The minimum absolute atomic E-state index is 0.0261. The fourth-order valence-electron chi connectivity index (χ4n) is 3.57. The van der Waals surface area contributed by atoms with Crippen LogP contribution in [0.15, 0.2) is 46.7 Å². The highest BCUT2D eigenvalue weighted by Crippen LogP contribution is 2.31. The van der Waals surface area contributed by atoms with E-state index in [9.17, 15) is 22.4 Å². The molecule has 1 aliphatic carbocycles. The lowest BCUT2D eigenvalue weighted by Crippen LogP contribution is -2.45. The maximum absolute atomic E-state index is 13.2. The second kappa shape index (κ2) is 10.2. The van der Waals surface area contributed by atoms with Gasteiger partial charge in [-0.1, -0.05) is 31.7 Å². The first kappa shape index (κ1) is 22.4. The molecule has 0 saturated heterocycles. The molecule has 1 aliphatic rings. The second-order valence-electron chi connectivity index (χ2n) is 7.37. The van der Waals surface area contributed by atoms with E-state index in [0.29, 0.717) is 4.88 Å². The van der Waals surface area contributed by atoms with Crippen LogP contribution in [0.5, 0.6) is 0 Å². The van der Waals surface area contributed by atoms with Crippen molar-refractivity contribution in [1.82, 2.24) is 10.6 Å². The summed E-state index contributed by atoms with van der Waals surface area (Å²) in [4.78, 5) is 25.1. The molecule has 2 aromatic rings. The quantitative estimate of drug-likeness (QED) is 0.399. The first-order valence-corrected chi connectivity index (χ1v) is 12.4. The number of carbonyl (C=O) groups is 2. The van der Waals surface area contributed by atoms with Gasteiger partial charge in [-0.2, -0.15) is 0 Å². The summed E-state index contributed by atoms with van der Waals surface area (Å²) in [5, 5.41) is 5.89. The van der Waals surface area contributed by atoms with Crippen molar-refractivity contribution in [3.8, 4) is 0 Å². The number of halogens is 1. The van der Waals surface area contributed by atoms with Crippen LogP contribution in [0.2, 0.25) is 0 Å². The molecule has 3 rings (SSSR count). The summed E-state index contributed by atoms with van der Waals surface area (Å²) in [7, 11) is -3.90. The van der Waals surface area contributed by atoms with Gasteiger partial charge in [-0.25, -0.2) is 12.8 Å². The molecule has 0 radical (unpaired) electrons. The monoisotopic (exact) mass is 452 g/mol. The Morgan fingerprint density at radius 2 is 1.70 bits per heavy atom. The average molecular weight is 453 g/mol. The van der Waals surface area contributed by atoms with Gasteiger partial charge in [0.1, 0.15) is 11.1 Å². The molecule has 1 atom stereocenters. The Morgan fingerprint density at radius 1 is 1.03 bits per heavy atom. The SMILES string of the molecule is O=C(NC[C@@H](c1cccs1)S(=O)(=O)c1ccc(F)cc1)C(=O)NC1CCCCCC1. The maximum Gasteiger partial charge on any atom is 0.309 e. The summed E-state index contributed by atoms with van der Waals surface area (Å²) in [6.45, 7) is -0.253. The Kier molecular flexibility index (Phi) is 7.60. The molecule has 1 aromatic carbocycles. The van der Waals surface area contributed by atoms with Crippen molar-refractivity contribution >= 4 is 33.0 Å².